The van der Waals surface area contributed by atoms with Crippen LogP contribution in [0.5, 0.6) is 11.5 Å². The number of H-pyrrole nitrogens is 1. The quantitative estimate of drug-likeness (QED) is 0.886. The molecule has 0 radical (unpaired) electrons. The minimum atomic E-state index is 0.242. The van der Waals surface area contributed by atoms with Crippen molar-refractivity contribution in [2.75, 3.05) is 19.8 Å². The van der Waals surface area contributed by atoms with Crippen LogP contribution in [0.1, 0.15) is 25.6 Å². The lowest BCUT2D eigenvalue weighted by Crippen LogP contribution is -2.18. The molecule has 2 aromatic rings. The van der Waals surface area contributed by atoms with Gasteiger partial charge in [-0.05, 0) is 5.92 Å². The van der Waals surface area contributed by atoms with Gasteiger partial charge in [-0.15, -0.1) is 0 Å². The van der Waals surface area contributed by atoms with Crippen molar-refractivity contribution in [2.45, 2.75) is 19.8 Å². The number of aromatic amines is 1. The van der Waals surface area contributed by atoms with Crippen LogP contribution in [0.15, 0.2) is 12.1 Å². The predicted octanol–water partition coefficient (Wildman–Crippen LogP) is 2.03. The summed E-state index contributed by atoms with van der Waals surface area (Å²) in [5.41, 5.74) is 7.71. The molecule has 1 aromatic carbocycles. The molecule has 0 saturated heterocycles. The zero-order valence-electron chi connectivity index (χ0n) is 11.3. The molecular formula is C14H19N3O2. The van der Waals surface area contributed by atoms with Gasteiger partial charge in [-0.1, -0.05) is 13.8 Å². The van der Waals surface area contributed by atoms with Gasteiger partial charge in [0.15, 0.2) is 11.5 Å². The standard InChI is InChI=1S/C14H19N3O2/c1-8(2)9(7-15)14-16-10-5-12-13(6-11(10)17-14)19-4-3-18-12/h5-6,8-9H,3-4,7,15H2,1-2H3,(H,16,17). The zero-order chi connectivity index (χ0) is 13.4. The van der Waals surface area contributed by atoms with Crippen LogP contribution in [0.4, 0.5) is 0 Å². The van der Waals surface area contributed by atoms with E-state index in [1.807, 2.05) is 12.1 Å². The summed E-state index contributed by atoms with van der Waals surface area (Å²) < 4.78 is 11.1. The van der Waals surface area contributed by atoms with Crippen molar-refractivity contribution in [3.63, 3.8) is 0 Å². The van der Waals surface area contributed by atoms with Crippen molar-refractivity contribution < 1.29 is 9.47 Å². The molecule has 3 rings (SSSR count). The van der Waals surface area contributed by atoms with Gasteiger partial charge in [0, 0.05) is 24.6 Å². The zero-order valence-corrected chi connectivity index (χ0v) is 11.3. The Morgan fingerprint density at radius 2 is 1.95 bits per heavy atom. The molecular weight excluding hydrogens is 242 g/mol. The summed E-state index contributed by atoms with van der Waals surface area (Å²) in [6.07, 6.45) is 0. The smallest absolute Gasteiger partial charge is 0.163 e. The SMILES string of the molecule is CC(C)C(CN)c1nc2cc3c(cc2[nH]1)OCCO3. The molecule has 1 aliphatic heterocycles. The minimum absolute atomic E-state index is 0.242. The van der Waals surface area contributed by atoms with E-state index in [1.54, 1.807) is 0 Å². The molecule has 1 atom stereocenters. The number of benzene rings is 1. The van der Waals surface area contributed by atoms with Crippen molar-refractivity contribution in [3.8, 4) is 11.5 Å². The molecule has 102 valence electrons. The second-order valence-electron chi connectivity index (χ2n) is 5.22. The predicted molar refractivity (Wildman–Crippen MR) is 73.7 cm³/mol. The van der Waals surface area contributed by atoms with Crippen molar-refractivity contribution >= 4 is 11.0 Å². The number of hydrogen-bond acceptors (Lipinski definition) is 4. The third-order valence-corrected chi connectivity index (χ3v) is 3.57. The van der Waals surface area contributed by atoms with Gasteiger partial charge < -0.3 is 20.2 Å². The number of fused-ring (bicyclic) bond motifs is 2. The molecule has 19 heavy (non-hydrogen) atoms. The van der Waals surface area contributed by atoms with Crippen LogP contribution in [0, 0.1) is 5.92 Å². The topological polar surface area (TPSA) is 73.2 Å². The van der Waals surface area contributed by atoms with E-state index in [-0.39, 0.29) is 5.92 Å². The molecule has 5 nitrogen and oxygen atoms in total. The average molecular weight is 261 g/mol. The molecule has 0 amide bonds. The Morgan fingerprint density at radius 3 is 2.58 bits per heavy atom. The van der Waals surface area contributed by atoms with Gasteiger partial charge in [-0.2, -0.15) is 0 Å². The second-order valence-corrected chi connectivity index (χ2v) is 5.22. The van der Waals surface area contributed by atoms with Gasteiger partial charge in [0.2, 0.25) is 0 Å². The average Bonchev–Trinajstić information content (AvgIpc) is 2.78. The van der Waals surface area contributed by atoms with Crippen LogP contribution < -0.4 is 15.2 Å². The lowest BCUT2D eigenvalue weighted by Gasteiger charge is -2.17. The largest absolute Gasteiger partial charge is 0.486 e. The third-order valence-electron chi connectivity index (χ3n) is 3.57. The lowest BCUT2D eigenvalue weighted by molar-refractivity contribution is 0.172. The first-order valence-electron chi connectivity index (χ1n) is 6.68. The first kappa shape index (κ1) is 12.3. The first-order chi connectivity index (χ1) is 9.19. The van der Waals surface area contributed by atoms with Gasteiger partial charge >= 0.3 is 0 Å². The van der Waals surface area contributed by atoms with E-state index >= 15 is 0 Å². The van der Waals surface area contributed by atoms with E-state index < -0.39 is 0 Å². The van der Waals surface area contributed by atoms with E-state index in [1.165, 1.54) is 0 Å². The van der Waals surface area contributed by atoms with Crippen molar-refractivity contribution in [2.24, 2.45) is 11.7 Å². The Morgan fingerprint density at radius 1 is 1.26 bits per heavy atom. The van der Waals surface area contributed by atoms with Gasteiger partial charge in [0.25, 0.3) is 0 Å². The highest BCUT2D eigenvalue weighted by Gasteiger charge is 2.20. The number of ether oxygens (including phenoxy) is 2. The maximum Gasteiger partial charge on any atom is 0.163 e. The summed E-state index contributed by atoms with van der Waals surface area (Å²) in [7, 11) is 0. The van der Waals surface area contributed by atoms with Crippen molar-refractivity contribution in [1.82, 2.24) is 9.97 Å². The maximum atomic E-state index is 5.84. The number of aromatic nitrogens is 2. The van der Waals surface area contributed by atoms with Crippen LogP contribution in [-0.2, 0) is 0 Å². The van der Waals surface area contributed by atoms with E-state index in [2.05, 4.69) is 23.8 Å². The van der Waals surface area contributed by atoms with Crippen molar-refractivity contribution in [1.29, 1.82) is 0 Å². The molecule has 0 bridgehead atoms. The fraction of sp³-hybridized carbons (Fsp3) is 0.500. The van der Waals surface area contributed by atoms with Crippen LogP contribution in [-0.4, -0.2) is 29.7 Å². The monoisotopic (exact) mass is 261 g/mol. The van der Waals surface area contributed by atoms with Crippen LogP contribution in [0.3, 0.4) is 0 Å². The van der Waals surface area contributed by atoms with Crippen molar-refractivity contribution in [3.05, 3.63) is 18.0 Å². The Bertz CT molecular complexity index is 549. The van der Waals surface area contributed by atoms with Crippen LogP contribution >= 0.6 is 0 Å². The number of nitrogens with one attached hydrogen (secondary N) is 1. The summed E-state index contributed by atoms with van der Waals surface area (Å²) in [6, 6.07) is 3.88. The molecule has 1 aromatic heterocycles. The first-order valence-corrected chi connectivity index (χ1v) is 6.68. The molecule has 1 unspecified atom stereocenters. The van der Waals surface area contributed by atoms with E-state index in [4.69, 9.17) is 15.2 Å². The Kier molecular flexibility index (Phi) is 3.06. The summed E-state index contributed by atoms with van der Waals surface area (Å²) >= 11 is 0. The number of nitrogens with two attached hydrogens (primary N) is 1. The highest BCUT2D eigenvalue weighted by atomic mass is 16.6. The molecule has 0 saturated carbocycles. The van der Waals surface area contributed by atoms with Crippen LogP contribution in [0.2, 0.25) is 0 Å². The Balaban J connectivity index is 2.05. The molecule has 0 fully saturated rings. The van der Waals surface area contributed by atoms with E-state index in [0.29, 0.717) is 25.7 Å². The van der Waals surface area contributed by atoms with Crippen LogP contribution in [0.25, 0.3) is 11.0 Å². The van der Waals surface area contributed by atoms with Gasteiger partial charge in [0.05, 0.1) is 11.0 Å². The fourth-order valence-corrected chi connectivity index (χ4v) is 2.44. The molecule has 3 N–H and O–H groups in total. The highest BCUT2D eigenvalue weighted by Crippen LogP contribution is 2.34. The number of rotatable bonds is 3. The number of nitrogens with zero attached hydrogens (tertiary/aromatic N) is 1. The molecule has 2 heterocycles. The molecule has 5 heteroatoms. The van der Waals surface area contributed by atoms with Gasteiger partial charge in [0.1, 0.15) is 19.0 Å². The summed E-state index contributed by atoms with van der Waals surface area (Å²) in [4.78, 5) is 7.99. The number of hydrogen-bond donors (Lipinski definition) is 2. The van der Waals surface area contributed by atoms with Gasteiger partial charge in [-0.3, -0.25) is 0 Å². The fourth-order valence-electron chi connectivity index (χ4n) is 2.44. The summed E-state index contributed by atoms with van der Waals surface area (Å²) in [5, 5.41) is 0. The molecule has 0 aliphatic carbocycles. The lowest BCUT2D eigenvalue weighted by atomic mass is 9.95. The Hall–Kier alpha value is -1.75. The minimum Gasteiger partial charge on any atom is -0.486 e. The molecule has 0 spiro atoms. The summed E-state index contributed by atoms with van der Waals surface area (Å²) in [6.45, 7) is 6.08. The highest BCUT2D eigenvalue weighted by molar-refractivity contribution is 5.80. The molecule has 1 aliphatic rings. The van der Waals surface area contributed by atoms with E-state index in [0.717, 1.165) is 28.4 Å². The third kappa shape index (κ3) is 2.14. The normalized spacial score (nSPS) is 16.0. The summed E-state index contributed by atoms with van der Waals surface area (Å²) in [5.74, 6) is 3.18. The number of imidazole rings is 1. The Labute approximate surface area is 112 Å². The maximum absolute atomic E-state index is 5.84. The second kappa shape index (κ2) is 4.74. The van der Waals surface area contributed by atoms with E-state index in [9.17, 15) is 0 Å². The van der Waals surface area contributed by atoms with Gasteiger partial charge in [-0.25, -0.2) is 4.98 Å².